The summed E-state index contributed by atoms with van der Waals surface area (Å²) in [6.07, 6.45) is 2.86. The molecule has 1 rings (SSSR count). The maximum atomic E-state index is 10.4. The number of ether oxygens (including phenoxy) is 1. The van der Waals surface area contributed by atoms with E-state index in [0.717, 1.165) is 0 Å². The first-order valence-corrected chi connectivity index (χ1v) is 2.18. The lowest BCUT2D eigenvalue weighted by Crippen LogP contribution is -2.37. The lowest BCUT2D eigenvalue weighted by Gasteiger charge is -1.98. The molecule has 0 spiro atoms. The van der Waals surface area contributed by atoms with Crippen LogP contribution >= 0.6 is 0 Å². The highest BCUT2D eigenvalue weighted by Crippen LogP contribution is 1.98. The van der Waals surface area contributed by atoms with Crippen LogP contribution in [0.1, 0.15) is 0 Å². The number of nitrogens with two attached hydrogens (primary N) is 1. The fourth-order valence-electron chi connectivity index (χ4n) is 0.460. The van der Waals surface area contributed by atoms with Crippen LogP contribution in [0.25, 0.3) is 0 Å². The van der Waals surface area contributed by atoms with Crippen LogP contribution in [0.4, 0.5) is 0 Å². The largest absolute Gasteiger partial charge is 0.433 e. The van der Waals surface area contributed by atoms with Crippen molar-refractivity contribution < 1.29 is 9.53 Å². The van der Waals surface area contributed by atoms with Gasteiger partial charge in [0, 0.05) is 0 Å². The Labute approximate surface area is 46.3 Å². The fourth-order valence-corrected chi connectivity index (χ4v) is 0.460. The summed E-state index contributed by atoms with van der Waals surface area (Å²) in [5.41, 5.74) is 2.25. The smallest absolute Gasteiger partial charge is 0.333 e. The quantitative estimate of drug-likeness (QED) is 0.258. The number of carbonyl (C=O) groups is 1. The molecular formula is C4H6N2O2. The first-order valence-electron chi connectivity index (χ1n) is 2.18. The SMILES string of the molecule is NNC1C=COC1=O. The van der Waals surface area contributed by atoms with Gasteiger partial charge in [0.05, 0.1) is 6.26 Å². The molecule has 0 aromatic rings. The molecule has 4 heteroatoms. The van der Waals surface area contributed by atoms with E-state index in [2.05, 4.69) is 10.2 Å². The molecule has 1 unspecified atom stereocenters. The number of nitrogens with one attached hydrogen (secondary N) is 1. The van der Waals surface area contributed by atoms with Gasteiger partial charge in [-0.15, -0.1) is 0 Å². The topological polar surface area (TPSA) is 64.3 Å². The van der Waals surface area contributed by atoms with E-state index in [9.17, 15) is 4.79 Å². The normalized spacial score (nSPS) is 26.1. The third-order valence-electron chi connectivity index (χ3n) is 0.889. The number of cyclic esters (lactones) is 1. The van der Waals surface area contributed by atoms with Gasteiger partial charge in [-0.25, -0.2) is 10.2 Å². The standard InChI is InChI=1S/C4H6N2O2/c5-6-3-1-2-8-4(3)7/h1-3,6H,5H2. The number of hydrogen-bond donors (Lipinski definition) is 2. The summed E-state index contributed by atoms with van der Waals surface area (Å²) >= 11 is 0. The Morgan fingerprint density at radius 2 is 2.62 bits per heavy atom. The van der Waals surface area contributed by atoms with Gasteiger partial charge in [-0.3, -0.25) is 5.84 Å². The second-order valence-electron chi connectivity index (χ2n) is 1.41. The van der Waals surface area contributed by atoms with Crippen LogP contribution in [0, 0.1) is 0 Å². The van der Waals surface area contributed by atoms with Crippen LogP contribution < -0.4 is 11.3 Å². The van der Waals surface area contributed by atoms with Crippen LogP contribution in [-0.2, 0) is 9.53 Å². The first kappa shape index (κ1) is 5.27. The molecule has 4 nitrogen and oxygen atoms in total. The number of esters is 1. The number of carbonyl (C=O) groups excluding carboxylic acids is 1. The molecule has 1 aliphatic heterocycles. The van der Waals surface area contributed by atoms with Crippen molar-refractivity contribution in [1.29, 1.82) is 0 Å². The summed E-state index contributed by atoms with van der Waals surface area (Å²) < 4.78 is 4.39. The Morgan fingerprint density at radius 3 is 2.88 bits per heavy atom. The summed E-state index contributed by atoms with van der Waals surface area (Å²) in [4.78, 5) is 10.4. The highest BCUT2D eigenvalue weighted by atomic mass is 16.5. The number of hydrazine groups is 1. The minimum atomic E-state index is -0.449. The van der Waals surface area contributed by atoms with Gasteiger partial charge >= 0.3 is 5.97 Å². The first-order chi connectivity index (χ1) is 3.84. The van der Waals surface area contributed by atoms with Gasteiger partial charge < -0.3 is 4.74 Å². The lowest BCUT2D eigenvalue weighted by molar-refractivity contribution is -0.137. The van der Waals surface area contributed by atoms with E-state index in [1.165, 1.54) is 6.26 Å². The van der Waals surface area contributed by atoms with Crippen molar-refractivity contribution in [2.45, 2.75) is 6.04 Å². The Bertz CT molecular complexity index is 132. The van der Waals surface area contributed by atoms with Crippen LogP contribution in [-0.4, -0.2) is 12.0 Å². The van der Waals surface area contributed by atoms with Gasteiger partial charge in [-0.05, 0) is 6.08 Å². The molecule has 0 bridgehead atoms. The maximum Gasteiger partial charge on any atom is 0.333 e. The number of rotatable bonds is 1. The number of hydrogen-bond acceptors (Lipinski definition) is 4. The van der Waals surface area contributed by atoms with Crippen molar-refractivity contribution in [2.24, 2.45) is 5.84 Å². The summed E-state index contributed by atoms with van der Waals surface area (Å²) in [7, 11) is 0. The zero-order valence-corrected chi connectivity index (χ0v) is 4.13. The van der Waals surface area contributed by atoms with Crippen LogP contribution in [0.15, 0.2) is 12.3 Å². The van der Waals surface area contributed by atoms with Gasteiger partial charge in [0.1, 0.15) is 6.04 Å². The van der Waals surface area contributed by atoms with E-state index in [-0.39, 0.29) is 5.97 Å². The second kappa shape index (κ2) is 1.94. The summed E-state index contributed by atoms with van der Waals surface area (Å²) in [5.74, 6) is 4.57. The second-order valence-corrected chi connectivity index (χ2v) is 1.41. The molecule has 44 valence electrons. The van der Waals surface area contributed by atoms with Crippen molar-refractivity contribution in [1.82, 2.24) is 5.43 Å². The molecule has 8 heavy (non-hydrogen) atoms. The van der Waals surface area contributed by atoms with Gasteiger partial charge in [0.15, 0.2) is 0 Å². The molecule has 0 saturated carbocycles. The molecule has 0 saturated heterocycles. The molecule has 1 heterocycles. The Kier molecular flexibility index (Phi) is 1.27. The third kappa shape index (κ3) is 0.706. The molecule has 0 amide bonds. The monoisotopic (exact) mass is 114 g/mol. The van der Waals surface area contributed by atoms with Gasteiger partial charge in [0.25, 0.3) is 0 Å². The van der Waals surface area contributed by atoms with E-state index in [1.54, 1.807) is 6.08 Å². The van der Waals surface area contributed by atoms with E-state index in [4.69, 9.17) is 5.84 Å². The highest BCUT2D eigenvalue weighted by molar-refractivity contribution is 5.80. The van der Waals surface area contributed by atoms with Crippen molar-refractivity contribution in [3.8, 4) is 0 Å². The predicted molar refractivity (Wildman–Crippen MR) is 26.3 cm³/mol. The minimum absolute atomic E-state index is 0.354. The molecule has 0 aromatic heterocycles. The van der Waals surface area contributed by atoms with Gasteiger partial charge in [0.2, 0.25) is 0 Å². The Hall–Kier alpha value is -0.870. The highest BCUT2D eigenvalue weighted by Gasteiger charge is 2.18. The summed E-state index contributed by atoms with van der Waals surface area (Å²) in [6.45, 7) is 0. The minimum Gasteiger partial charge on any atom is -0.433 e. The Balaban J connectivity index is 2.53. The van der Waals surface area contributed by atoms with E-state index in [1.807, 2.05) is 0 Å². The summed E-state index contributed by atoms with van der Waals surface area (Å²) in [5, 5.41) is 0. The zero-order valence-electron chi connectivity index (χ0n) is 4.13. The zero-order chi connectivity index (χ0) is 5.98. The average molecular weight is 114 g/mol. The van der Waals surface area contributed by atoms with Crippen LogP contribution in [0.2, 0.25) is 0 Å². The fraction of sp³-hybridized carbons (Fsp3) is 0.250. The van der Waals surface area contributed by atoms with Crippen molar-refractivity contribution in [3.05, 3.63) is 12.3 Å². The molecule has 0 fully saturated rings. The lowest BCUT2D eigenvalue weighted by atomic mass is 10.3. The molecule has 1 aliphatic rings. The molecule has 0 aromatic carbocycles. The third-order valence-corrected chi connectivity index (χ3v) is 0.889. The van der Waals surface area contributed by atoms with Crippen LogP contribution in [0.3, 0.4) is 0 Å². The van der Waals surface area contributed by atoms with Gasteiger partial charge in [-0.1, -0.05) is 0 Å². The average Bonchev–Trinajstić information content (AvgIpc) is 2.14. The van der Waals surface area contributed by atoms with E-state index in [0.29, 0.717) is 0 Å². The molecular weight excluding hydrogens is 108 g/mol. The predicted octanol–water partition coefficient (Wildman–Crippen LogP) is -1.11. The molecule has 1 atom stereocenters. The van der Waals surface area contributed by atoms with Crippen LogP contribution in [0.5, 0.6) is 0 Å². The van der Waals surface area contributed by atoms with E-state index < -0.39 is 6.04 Å². The van der Waals surface area contributed by atoms with Crippen molar-refractivity contribution >= 4 is 5.97 Å². The molecule has 3 N–H and O–H groups in total. The van der Waals surface area contributed by atoms with E-state index >= 15 is 0 Å². The van der Waals surface area contributed by atoms with Crippen molar-refractivity contribution in [2.75, 3.05) is 0 Å². The maximum absolute atomic E-state index is 10.4. The molecule has 0 aliphatic carbocycles. The van der Waals surface area contributed by atoms with Gasteiger partial charge in [-0.2, -0.15) is 0 Å². The molecule has 0 radical (unpaired) electrons. The Morgan fingerprint density at radius 1 is 1.88 bits per heavy atom. The summed E-state index contributed by atoms with van der Waals surface area (Å²) in [6, 6.07) is -0.449. The van der Waals surface area contributed by atoms with Crippen molar-refractivity contribution in [3.63, 3.8) is 0 Å².